The molecule has 0 spiro atoms. The zero-order valence-corrected chi connectivity index (χ0v) is 14.9. The Balaban J connectivity index is 2.39. The zero-order valence-electron chi connectivity index (χ0n) is 12.5. The minimum Gasteiger partial charge on any atom is -0.381 e. The number of halogens is 1. The first-order valence-electron chi connectivity index (χ1n) is 6.73. The van der Waals surface area contributed by atoms with E-state index in [-0.39, 0.29) is 11.5 Å². The van der Waals surface area contributed by atoms with Crippen LogP contribution in [-0.2, 0) is 5.41 Å². The van der Waals surface area contributed by atoms with Gasteiger partial charge in [0.2, 0.25) is 0 Å². The van der Waals surface area contributed by atoms with Crippen LogP contribution >= 0.6 is 27.3 Å². The number of aromatic nitrogens is 2. The van der Waals surface area contributed by atoms with Crippen molar-refractivity contribution in [3.05, 3.63) is 38.3 Å². The maximum absolute atomic E-state index is 10.7. The summed E-state index contributed by atoms with van der Waals surface area (Å²) in [5.41, 5.74) is 0.931. The van der Waals surface area contributed by atoms with E-state index in [4.69, 9.17) is 0 Å². The highest BCUT2D eigenvalue weighted by atomic mass is 79.9. The summed E-state index contributed by atoms with van der Waals surface area (Å²) in [6.07, 6.45) is 1.10. The molecule has 2 aromatic heterocycles. The maximum Gasteiger partial charge on any atom is 0.131 e. The van der Waals surface area contributed by atoms with E-state index in [0.29, 0.717) is 0 Å². The molecule has 2 rings (SSSR count). The van der Waals surface area contributed by atoms with E-state index in [0.717, 1.165) is 15.0 Å². The fourth-order valence-corrected chi connectivity index (χ4v) is 3.60. The van der Waals surface area contributed by atoms with Gasteiger partial charge in [-0.3, -0.25) is 4.68 Å². The van der Waals surface area contributed by atoms with Crippen LogP contribution in [0.25, 0.3) is 0 Å². The third-order valence-electron chi connectivity index (χ3n) is 3.17. The zero-order chi connectivity index (χ0) is 15.1. The van der Waals surface area contributed by atoms with Crippen LogP contribution in [0.3, 0.4) is 0 Å². The Labute approximate surface area is 132 Å². The van der Waals surface area contributed by atoms with Gasteiger partial charge >= 0.3 is 0 Å². The average Bonchev–Trinajstić information content (AvgIpc) is 2.93. The Morgan fingerprint density at radius 2 is 1.95 bits per heavy atom. The van der Waals surface area contributed by atoms with Crippen LogP contribution in [0.4, 0.5) is 0 Å². The highest BCUT2D eigenvalue weighted by Crippen LogP contribution is 2.37. The summed E-state index contributed by atoms with van der Waals surface area (Å²) in [7, 11) is 0. The summed E-state index contributed by atoms with van der Waals surface area (Å²) < 4.78 is 2.72. The molecule has 20 heavy (non-hydrogen) atoms. The smallest absolute Gasteiger partial charge is 0.131 e. The minimum atomic E-state index is -0.643. The van der Waals surface area contributed by atoms with Gasteiger partial charge in [0, 0.05) is 15.8 Å². The summed E-state index contributed by atoms with van der Waals surface area (Å²) >= 11 is 5.15. The quantitative estimate of drug-likeness (QED) is 0.867. The monoisotopic (exact) mass is 356 g/mol. The second-order valence-electron chi connectivity index (χ2n) is 6.27. The molecule has 1 N–H and O–H groups in total. The van der Waals surface area contributed by atoms with E-state index in [9.17, 15) is 5.11 Å². The molecular weight excluding hydrogens is 336 g/mol. The van der Waals surface area contributed by atoms with Gasteiger partial charge in [-0.25, -0.2) is 0 Å². The van der Waals surface area contributed by atoms with Crippen LogP contribution in [-0.4, -0.2) is 14.9 Å². The van der Waals surface area contributed by atoms with E-state index >= 15 is 0 Å². The lowest BCUT2D eigenvalue weighted by Crippen LogP contribution is -2.12. The Kier molecular flexibility index (Phi) is 4.42. The second kappa shape index (κ2) is 5.62. The van der Waals surface area contributed by atoms with Crippen molar-refractivity contribution in [1.29, 1.82) is 0 Å². The Hall–Kier alpha value is -0.650. The molecule has 0 amide bonds. The highest BCUT2D eigenvalue weighted by molar-refractivity contribution is 9.10. The van der Waals surface area contributed by atoms with Crippen LogP contribution in [0.2, 0.25) is 0 Å². The van der Waals surface area contributed by atoms with Gasteiger partial charge in [-0.2, -0.15) is 5.10 Å². The van der Waals surface area contributed by atoms with E-state index < -0.39 is 6.10 Å². The van der Waals surface area contributed by atoms with Crippen LogP contribution in [0.1, 0.15) is 62.2 Å². The molecule has 0 saturated carbocycles. The number of rotatable bonds is 3. The molecule has 0 saturated heterocycles. The summed E-state index contributed by atoms with van der Waals surface area (Å²) in [6.45, 7) is 10.7. The van der Waals surface area contributed by atoms with Crippen molar-refractivity contribution in [3.63, 3.8) is 0 Å². The number of hydrogen-bond acceptors (Lipinski definition) is 3. The summed E-state index contributed by atoms with van der Waals surface area (Å²) in [5, 5.41) is 15.0. The molecule has 3 nitrogen and oxygen atoms in total. The van der Waals surface area contributed by atoms with Gasteiger partial charge in [0.05, 0.1) is 16.4 Å². The first kappa shape index (κ1) is 15.7. The maximum atomic E-state index is 10.7. The number of thiophene rings is 1. The van der Waals surface area contributed by atoms with E-state index in [1.54, 1.807) is 17.5 Å². The first-order valence-corrected chi connectivity index (χ1v) is 8.34. The number of nitrogens with zero attached hydrogens (tertiary/aromatic N) is 2. The molecule has 2 aromatic rings. The predicted molar refractivity (Wildman–Crippen MR) is 87.4 cm³/mol. The molecule has 1 atom stereocenters. The molecule has 110 valence electrons. The Morgan fingerprint density at radius 1 is 1.30 bits per heavy atom. The van der Waals surface area contributed by atoms with E-state index in [1.165, 1.54) is 4.88 Å². The van der Waals surface area contributed by atoms with E-state index in [1.807, 2.05) is 10.7 Å². The number of aliphatic hydroxyl groups is 1. The molecule has 0 radical (unpaired) electrons. The summed E-state index contributed by atoms with van der Waals surface area (Å²) in [4.78, 5) is 2.23. The third-order valence-corrected chi connectivity index (χ3v) is 5.35. The lowest BCUT2D eigenvalue weighted by Gasteiger charge is -2.17. The summed E-state index contributed by atoms with van der Waals surface area (Å²) in [5.74, 6) is 0. The Bertz CT molecular complexity index is 595. The average molecular weight is 357 g/mol. The van der Waals surface area contributed by atoms with Crippen molar-refractivity contribution < 1.29 is 5.11 Å². The minimum absolute atomic E-state index is 0.109. The molecular formula is C15H21BrN2OS. The van der Waals surface area contributed by atoms with Crippen LogP contribution in [0.5, 0.6) is 0 Å². The number of hydrogen-bond donors (Lipinski definition) is 1. The topological polar surface area (TPSA) is 38.0 Å². The largest absolute Gasteiger partial charge is 0.381 e. The van der Waals surface area contributed by atoms with Crippen LogP contribution < -0.4 is 0 Å². The normalized spacial score (nSPS) is 14.0. The molecule has 0 bridgehead atoms. The Morgan fingerprint density at radius 3 is 2.45 bits per heavy atom. The van der Waals surface area contributed by atoms with Crippen LogP contribution in [0.15, 0.2) is 22.8 Å². The molecule has 5 heteroatoms. The first-order chi connectivity index (χ1) is 9.21. The lowest BCUT2D eigenvalue weighted by molar-refractivity contribution is 0.208. The van der Waals surface area contributed by atoms with Gasteiger partial charge in [0.15, 0.2) is 0 Å². The number of aliphatic hydroxyl groups excluding tert-OH is 1. The fraction of sp³-hybridized carbons (Fsp3) is 0.533. The fourth-order valence-electron chi connectivity index (χ4n) is 2.06. The molecule has 2 heterocycles. The van der Waals surface area contributed by atoms with Crippen molar-refractivity contribution in [2.45, 2.75) is 52.2 Å². The van der Waals surface area contributed by atoms with E-state index in [2.05, 4.69) is 61.7 Å². The highest BCUT2D eigenvalue weighted by Gasteiger charge is 2.24. The van der Waals surface area contributed by atoms with Crippen molar-refractivity contribution in [2.75, 3.05) is 0 Å². The summed E-state index contributed by atoms with van der Waals surface area (Å²) in [6, 6.07) is 4.33. The van der Waals surface area contributed by atoms with Gasteiger partial charge in [-0.1, -0.05) is 20.8 Å². The molecule has 0 aromatic carbocycles. The van der Waals surface area contributed by atoms with Crippen LogP contribution in [0, 0.1) is 0 Å². The molecule has 1 unspecified atom stereocenters. The lowest BCUT2D eigenvalue weighted by atomic mass is 9.95. The third kappa shape index (κ3) is 3.00. The molecule has 0 aliphatic heterocycles. The van der Waals surface area contributed by atoms with Gasteiger partial charge < -0.3 is 5.11 Å². The molecule has 0 aliphatic carbocycles. The van der Waals surface area contributed by atoms with Crippen molar-refractivity contribution >= 4 is 27.3 Å². The molecule has 0 aliphatic rings. The van der Waals surface area contributed by atoms with Gasteiger partial charge in [-0.15, -0.1) is 11.3 Å². The molecule has 0 fully saturated rings. The predicted octanol–water partition coefficient (Wildman–Crippen LogP) is 4.67. The van der Waals surface area contributed by atoms with Crippen molar-refractivity contribution in [3.8, 4) is 0 Å². The van der Waals surface area contributed by atoms with Crippen molar-refractivity contribution in [1.82, 2.24) is 9.78 Å². The van der Waals surface area contributed by atoms with Gasteiger partial charge in [-0.05, 0) is 47.3 Å². The van der Waals surface area contributed by atoms with Gasteiger partial charge in [0.1, 0.15) is 6.10 Å². The van der Waals surface area contributed by atoms with Gasteiger partial charge in [0.25, 0.3) is 0 Å². The standard InChI is InChI=1S/C15H21BrN2OS/c1-9(2)18-13(10(16)8-17-18)14(19)11-6-7-12(20-11)15(3,4)5/h6-9,14,19H,1-5H3. The van der Waals surface area contributed by atoms with Crippen molar-refractivity contribution in [2.24, 2.45) is 0 Å². The second-order valence-corrected chi connectivity index (χ2v) is 8.24. The SMILES string of the molecule is CC(C)n1ncc(Br)c1C(O)c1ccc(C(C)(C)C)s1.